The van der Waals surface area contributed by atoms with Gasteiger partial charge < -0.3 is 9.05 Å². The van der Waals surface area contributed by atoms with Gasteiger partial charge in [-0.2, -0.15) is 0 Å². The lowest BCUT2D eigenvalue weighted by Gasteiger charge is -2.33. The van der Waals surface area contributed by atoms with E-state index in [0.717, 1.165) is 17.9 Å². The van der Waals surface area contributed by atoms with Crippen LogP contribution in [0.4, 0.5) is 0 Å². The molecule has 3 rings (SSSR count). The summed E-state index contributed by atoms with van der Waals surface area (Å²) in [4.78, 5) is 0. The van der Waals surface area contributed by atoms with E-state index in [1.54, 1.807) is 0 Å². The molecule has 0 amide bonds. The molecule has 0 fully saturated rings. The van der Waals surface area contributed by atoms with E-state index in [9.17, 15) is 0 Å². The zero-order chi connectivity index (χ0) is 20.1. The van der Waals surface area contributed by atoms with Crippen LogP contribution in [0.2, 0.25) is 0 Å². The first kappa shape index (κ1) is 20.5. The molecule has 2 nitrogen and oxygen atoms in total. The molecule has 4 bridgehead atoms. The number of fused-ring (bicyclic) bond motifs is 4. The molecular weight excluding hydrogens is 375 g/mol. The van der Waals surface area contributed by atoms with Gasteiger partial charge in [0.1, 0.15) is 11.5 Å². The quantitative estimate of drug-likeness (QED) is 0.418. The van der Waals surface area contributed by atoms with Crippen LogP contribution in [0.5, 0.6) is 11.5 Å². The highest BCUT2D eigenvalue weighted by molar-refractivity contribution is 7.76. The number of benzene rings is 2. The Labute approximate surface area is 169 Å². The van der Waals surface area contributed by atoms with Crippen molar-refractivity contribution in [3.05, 3.63) is 57.6 Å². The van der Waals surface area contributed by atoms with Crippen LogP contribution in [0.3, 0.4) is 0 Å². The van der Waals surface area contributed by atoms with Gasteiger partial charge in [0.05, 0.1) is 0 Å². The molecule has 146 valence electrons. The Morgan fingerprint density at radius 1 is 0.741 bits per heavy atom. The molecule has 2 aromatic carbocycles. The van der Waals surface area contributed by atoms with Crippen molar-refractivity contribution in [2.24, 2.45) is 0 Å². The Morgan fingerprint density at radius 3 is 1.44 bits per heavy atom. The van der Waals surface area contributed by atoms with Gasteiger partial charge in [-0.15, -0.1) is 0 Å². The highest BCUT2D eigenvalue weighted by atomic mass is 35.7. The maximum absolute atomic E-state index is 6.57. The first-order valence-electron chi connectivity index (χ1n) is 9.47. The van der Waals surface area contributed by atoms with Gasteiger partial charge >= 0.3 is 7.73 Å². The van der Waals surface area contributed by atoms with E-state index >= 15 is 0 Å². The number of hydrogen-bond donors (Lipinski definition) is 0. The van der Waals surface area contributed by atoms with Gasteiger partial charge in [-0.3, -0.25) is 0 Å². The monoisotopic (exact) mass is 404 g/mol. The summed E-state index contributed by atoms with van der Waals surface area (Å²) in [5.41, 5.74) is 7.60. The molecule has 0 aliphatic carbocycles. The van der Waals surface area contributed by atoms with Gasteiger partial charge in [-0.05, 0) is 76.7 Å². The molecule has 2 aromatic rings. The van der Waals surface area contributed by atoms with Crippen molar-refractivity contribution in [3.8, 4) is 11.5 Å². The third-order valence-corrected chi connectivity index (χ3v) is 6.31. The Balaban J connectivity index is 2.38. The lowest BCUT2D eigenvalue weighted by atomic mass is 9.76. The highest BCUT2D eigenvalue weighted by Crippen LogP contribution is 2.52. The fourth-order valence-electron chi connectivity index (χ4n) is 4.06. The minimum Gasteiger partial charge on any atom is -0.427 e. The Hall–Kier alpha value is -1.24. The summed E-state index contributed by atoms with van der Waals surface area (Å²) < 4.78 is 12.3. The van der Waals surface area contributed by atoms with E-state index in [0.29, 0.717) is 0 Å². The van der Waals surface area contributed by atoms with Gasteiger partial charge in [0.25, 0.3) is 0 Å². The molecule has 1 heterocycles. The first-order chi connectivity index (χ1) is 12.4. The molecule has 1 aliphatic rings. The normalized spacial score (nSPS) is 15.1. The average molecular weight is 405 g/mol. The number of aryl methyl sites for hydroxylation is 2. The highest BCUT2D eigenvalue weighted by Gasteiger charge is 2.32. The summed E-state index contributed by atoms with van der Waals surface area (Å²) in [5.74, 6) is 1.67. The van der Waals surface area contributed by atoms with Gasteiger partial charge in [-0.25, -0.2) is 0 Å². The SMILES string of the molecule is Cc1ccc2c(C(C)(C)C)c1Cc1c(C)ccc(c1C(C)(C)C)OP(Cl)O2. The second kappa shape index (κ2) is 6.98. The van der Waals surface area contributed by atoms with Crippen LogP contribution in [0, 0.1) is 13.8 Å². The summed E-state index contributed by atoms with van der Waals surface area (Å²) in [5, 5.41) is 0. The Bertz CT molecular complexity index is 804. The molecule has 4 heteroatoms. The zero-order valence-corrected chi connectivity index (χ0v) is 19.3. The summed E-state index contributed by atoms with van der Waals surface area (Å²) in [7, 11) is -1.59. The van der Waals surface area contributed by atoms with Crippen molar-refractivity contribution in [1.82, 2.24) is 0 Å². The minimum absolute atomic E-state index is 0.0592. The Kier molecular flexibility index (Phi) is 5.30. The first-order valence-corrected chi connectivity index (χ1v) is 11.6. The fourth-order valence-corrected chi connectivity index (χ4v) is 5.16. The molecule has 0 spiro atoms. The van der Waals surface area contributed by atoms with Crippen LogP contribution < -0.4 is 9.05 Å². The molecule has 0 N–H and O–H groups in total. The molecular formula is C23H30ClO2P. The van der Waals surface area contributed by atoms with Crippen molar-refractivity contribution in [2.75, 3.05) is 0 Å². The molecule has 0 saturated carbocycles. The molecule has 0 radical (unpaired) electrons. The van der Waals surface area contributed by atoms with Gasteiger partial charge in [-0.1, -0.05) is 53.7 Å². The van der Waals surface area contributed by atoms with Crippen LogP contribution in [0.15, 0.2) is 24.3 Å². The van der Waals surface area contributed by atoms with Crippen molar-refractivity contribution in [2.45, 2.75) is 72.6 Å². The number of halogens is 1. The third-order valence-electron chi connectivity index (χ3n) is 5.21. The lowest BCUT2D eigenvalue weighted by Crippen LogP contribution is -2.21. The van der Waals surface area contributed by atoms with Crippen LogP contribution in [0.1, 0.15) is 74.9 Å². The van der Waals surface area contributed by atoms with Crippen LogP contribution in [0.25, 0.3) is 0 Å². The van der Waals surface area contributed by atoms with Gasteiger partial charge in [0.2, 0.25) is 0 Å². The average Bonchev–Trinajstić information content (AvgIpc) is 2.50. The topological polar surface area (TPSA) is 18.5 Å². The van der Waals surface area contributed by atoms with E-state index in [2.05, 4.69) is 67.5 Å². The van der Waals surface area contributed by atoms with E-state index in [1.165, 1.54) is 33.4 Å². The lowest BCUT2D eigenvalue weighted by molar-refractivity contribution is 0.467. The standard InChI is InChI=1S/C23H30ClO2P/c1-14-9-11-18-20(22(3,4)5)16(14)13-17-15(2)10-12-19(26-27(24)25-18)21(17)23(6,7)8/h9-12H,13H2,1-8H3. The fraction of sp³-hybridized carbons (Fsp3) is 0.478. The molecule has 0 saturated heterocycles. The van der Waals surface area contributed by atoms with Crippen LogP contribution in [-0.4, -0.2) is 0 Å². The van der Waals surface area contributed by atoms with Crippen molar-refractivity contribution in [3.63, 3.8) is 0 Å². The summed E-state index contributed by atoms with van der Waals surface area (Å²) >= 11 is 6.57. The van der Waals surface area contributed by atoms with Gasteiger partial charge in [0.15, 0.2) is 0 Å². The van der Waals surface area contributed by atoms with Crippen molar-refractivity contribution >= 4 is 19.0 Å². The summed E-state index contributed by atoms with van der Waals surface area (Å²) in [6.07, 6.45) is 0.867. The molecule has 27 heavy (non-hydrogen) atoms. The summed E-state index contributed by atoms with van der Waals surface area (Å²) in [6.45, 7) is 17.8. The van der Waals surface area contributed by atoms with E-state index < -0.39 is 7.73 Å². The molecule has 0 aromatic heterocycles. The van der Waals surface area contributed by atoms with Crippen molar-refractivity contribution < 1.29 is 9.05 Å². The smallest absolute Gasteiger partial charge is 0.401 e. The molecule has 0 atom stereocenters. The van der Waals surface area contributed by atoms with Crippen LogP contribution in [-0.2, 0) is 17.3 Å². The zero-order valence-electron chi connectivity index (χ0n) is 17.7. The van der Waals surface area contributed by atoms with E-state index in [-0.39, 0.29) is 10.8 Å². The van der Waals surface area contributed by atoms with E-state index in [1.807, 2.05) is 12.1 Å². The Morgan fingerprint density at radius 2 is 1.11 bits per heavy atom. The largest absolute Gasteiger partial charge is 0.427 e. The molecule has 1 aliphatic heterocycles. The van der Waals surface area contributed by atoms with Crippen LogP contribution >= 0.6 is 19.0 Å². The number of hydrogen-bond acceptors (Lipinski definition) is 2. The van der Waals surface area contributed by atoms with Gasteiger partial charge in [0, 0.05) is 11.1 Å². The predicted octanol–water partition coefficient (Wildman–Crippen LogP) is 7.73. The minimum atomic E-state index is -1.59. The van der Waals surface area contributed by atoms with E-state index in [4.69, 9.17) is 20.3 Å². The predicted molar refractivity (Wildman–Crippen MR) is 117 cm³/mol. The maximum atomic E-state index is 6.57. The summed E-state index contributed by atoms with van der Waals surface area (Å²) in [6, 6.07) is 8.34. The number of rotatable bonds is 0. The molecule has 0 unspecified atom stereocenters. The maximum Gasteiger partial charge on any atom is 0.401 e. The second-order valence-electron chi connectivity index (χ2n) is 9.54. The van der Waals surface area contributed by atoms with Crippen molar-refractivity contribution in [1.29, 1.82) is 0 Å². The second-order valence-corrected chi connectivity index (χ2v) is 11.2. The third kappa shape index (κ3) is 3.98.